The van der Waals surface area contributed by atoms with Crippen molar-refractivity contribution in [3.05, 3.63) is 45.5 Å². The van der Waals surface area contributed by atoms with Crippen LogP contribution in [0.3, 0.4) is 0 Å². The van der Waals surface area contributed by atoms with E-state index < -0.39 is 0 Å². The number of hydrogen-bond acceptors (Lipinski definition) is 7. The third-order valence-electron chi connectivity index (χ3n) is 5.45. The van der Waals surface area contributed by atoms with Crippen molar-refractivity contribution in [2.45, 2.75) is 51.5 Å². The van der Waals surface area contributed by atoms with Crippen molar-refractivity contribution in [1.29, 1.82) is 0 Å². The molecule has 4 rings (SSSR count). The van der Waals surface area contributed by atoms with Gasteiger partial charge in [-0.15, -0.1) is 0 Å². The van der Waals surface area contributed by atoms with Gasteiger partial charge in [0.05, 0.1) is 17.9 Å². The first-order chi connectivity index (χ1) is 14.5. The second kappa shape index (κ2) is 11.8. The van der Waals surface area contributed by atoms with Gasteiger partial charge in [-0.3, -0.25) is 4.79 Å². The van der Waals surface area contributed by atoms with Crippen molar-refractivity contribution in [1.82, 2.24) is 18.8 Å². The minimum atomic E-state index is -0.296. The fourth-order valence-corrected chi connectivity index (χ4v) is 4.55. The van der Waals surface area contributed by atoms with E-state index in [-0.39, 0.29) is 22.3 Å². The molecule has 0 aromatic carbocycles. The minimum absolute atomic E-state index is 0.0655. The summed E-state index contributed by atoms with van der Waals surface area (Å²) in [6.45, 7) is 5.99. The number of rotatable bonds is 4. The van der Waals surface area contributed by atoms with Crippen molar-refractivity contribution >= 4 is 29.4 Å². The molecule has 166 valence electrons. The van der Waals surface area contributed by atoms with Crippen LogP contribution in [0.5, 0.6) is 0 Å². The maximum absolute atomic E-state index is 12.1. The molecule has 7 nitrogen and oxygen atoms in total. The highest BCUT2D eigenvalue weighted by Crippen LogP contribution is 2.25. The van der Waals surface area contributed by atoms with E-state index >= 15 is 0 Å². The van der Waals surface area contributed by atoms with Crippen LogP contribution in [0.4, 0.5) is 5.69 Å². The molecule has 3 N–H and O–H groups in total. The van der Waals surface area contributed by atoms with Gasteiger partial charge in [-0.1, -0.05) is 30.7 Å². The molecule has 2 aliphatic heterocycles. The molecule has 0 amide bonds. The van der Waals surface area contributed by atoms with Gasteiger partial charge in [0.25, 0.3) is 5.56 Å². The molecule has 1 aromatic rings. The number of ether oxygens (including phenoxy) is 1. The van der Waals surface area contributed by atoms with Crippen LogP contribution >= 0.6 is 23.7 Å². The molecule has 3 heterocycles. The Bertz CT molecular complexity index is 799. The van der Waals surface area contributed by atoms with Gasteiger partial charge >= 0.3 is 0 Å². The predicted octanol–water partition coefficient (Wildman–Crippen LogP) is 3.94. The molecule has 0 unspecified atom stereocenters. The summed E-state index contributed by atoms with van der Waals surface area (Å²) in [5.74, 6) is 0.814. The monoisotopic (exact) mass is 453 g/mol. The molecule has 0 radical (unpaired) electrons. The highest BCUT2D eigenvalue weighted by Gasteiger charge is 2.23. The van der Waals surface area contributed by atoms with Crippen LogP contribution in [-0.2, 0) is 4.74 Å². The van der Waals surface area contributed by atoms with Gasteiger partial charge in [-0.25, -0.2) is 8.99 Å². The van der Waals surface area contributed by atoms with E-state index in [0.29, 0.717) is 0 Å². The molecule has 1 atom stereocenters. The lowest BCUT2D eigenvalue weighted by atomic mass is 10.1. The standard InChI is InChI=1S/C15H20ClN5OS.C6H12O/c16-14-13(17)10-18-21(15(14)22)12-6-8-20(9-7-12)23-19-11-4-2-1-3-5-11;1-6-3-2-4-7-5-6/h1-2,4,10,12,19H,3,5-9,17H2;6H,2-5H2,1H3/t;6-/m.1/s1. The summed E-state index contributed by atoms with van der Waals surface area (Å²) in [5.41, 5.74) is 6.81. The molecular weight excluding hydrogens is 422 g/mol. The molecule has 2 fully saturated rings. The number of anilines is 1. The maximum Gasteiger partial charge on any atom is 0.287 e. The Kier molecular flexibility index (Phi) is 9.11. The van der Waals surface area contributed by atoms with Crippen molar-refractivity contribution in [2.24, 2.45) is 5.92 Å². The second-order valence-electron chi connectivity index (χ2n) is 8.00. The normalized spacial score (nSPS) is 22.7. The average Bonchev–Trinajstić information content (AvgIpc) is 2.78. The topological polar surface area (TPSA) is 85.4 Å². The summed E-state index contributed by atoms with van der Waals surface area (Å²) in [6.07, 6.45) is 14.3. The Balaban J connectivity index is 0.000000310. The van der Waals surface area contributed by atoms with Gasteiger partial charge in [-0.2, -0.15) is 5.10 Å². The molecule has 1 aliphatic carbocycles. The summed E-state index contributed by atoms with van der Waals surface area (Å²) in [5, 5.41) is 4.21. The van der Waals surface area contributed by atoms with Gasteiger partial charge in [-0.05, 0) is 50.5 Å². The van der Waals surface area contributed by atoms with Gasteiger partial charge in [0, 0.05) is 44.1 Å². The Morgan fingerprint density at radius 1 is 1.33 bits per heavy atom. The van der Waals surface area contributed by atoms with E-state index in [2.05, 4.69) is 39.3 Å². The Hall–Kier alpha value is -1.48. The van der Waals surface area contributed by atoms with Gasteiger partial charge < -0.3 is 15.2 Å². The molecular formula is C21H32ClN5O2S. The number of nitrogens with two attached hydrogens (primary N) is 1. The van der Waals surface area contributed by atoms with Crippen LogP contribution in [0, 0.1) is 5.92 Å². The SMILES string of the molecule is C[C@@H]1CCCOC1.Nc1cnn(C2CCN(SNC3=CC=CCC3)CC2)c(=O)c1Cl. The van der Waals surface area contributed by atoms with Crippen LogP contribution in [0.2, 0.25) is 5.02 Å². The lowest BCUT2D eigenvalue weighted by Gasteiger charge is -2.31. The summed E-state index contributed by atoms with van der Waals surface area (Å²) < 4.78 is 12.3. The lowest BCUT2D eigenvalue weighted by molar-refractivity contribution is 0.0616. The number of aromatic nitrogens is 2. The molecule has 2 saturated heterocycles. The average molecular weight is 454 g/mol. The largest absolute Gasteiger partial charge is 0.396 e. The molecule has 0 bridgehead atoms. The first-order valence-electron chi connectivity index (χ1n) is 10.7. The van der Waals surface area contributed by atoms with Crippen LogP contribution in [-0.4, -0.2) is 40.4 Å². The third-order valence-corrected chi connectivity index (χ3v) is 6.80. The van der Waals surface area contributed by atoms with Gasteiger partial charge in [0.15, 0.2) is 0 Å². The van der Waals surface area contributed by atoms with Gasteiger partial charge in [0.2, 0.25) is 0 Å². The summed E-state index contributed by atoms with van der Waals surface area (Å²) in [4.78, 5) is 12.1. The number of nitrogen functional groups attached to an aromatic ring is 1. The first kappa shape index (κ1) is 23.2. The Morgan fingerprint density at radius 2 is 2.13 bits per heavy atom. The number of hydrogen-bond donors (Lipinski definition) is 2. The highest BCUT2D eigenvalue weighted by atomic mass is 35.5. The number of nitrogens with one attached hydrogen (secondary N) is 1. The van der Waals surface area contributed by atoms with Crippen molar-refractivity contribution in [3.63, 3.8) is 0 Å². The van der Waals surface area contributed by atoms with E-state index in [9.17, 15) is 4.79 Å². The smallest absolute Gasteiger partial charge is 0.287 e. The molecule has 9 heteroatoms. The van der Waals surface area contributed by atoms with E-state index in [1.54, 1.807) is 12.1 Å². The fourth-order valence-electron chi connectivity index (χ4n) is 3.61. The zero-order valence-electron chi connectivity index (χ0n) is 17.6. The number of allylic oxidation sites excluding steroid dienone is 4. The van der Waals surface area contributed by atoms with E-state index in [1.165, 1.54) is 29.4 Å². The fraction of sp³-hybridized carbons (Fsp3) is 0.619. The van der Waals surface area contributed by atoms with Crippen LogP contribution < -0.4 is 16.0 Å². The highest BCUT2D eigenvalue weighted by molar-refractivity contribution is 7.95. The zero-order valence-corrected chi connectivity index (χ0v) is 19.1. The molecule has 1 aromatic heterocycles. The van der Waals surface area contributed by atoms with E-state index in [1.807, 2.05) is 0 Å². The lowest BCUT2D eigenvalue weighted by Crippen LogP contribution is -2.37. The van der Waals surface area contributed by atoms with Crippen molar-refractivity contribution in [2.75, 3.05) is 32.0 Å². The third kappa shape index (κ3) is 6.77. The predicted molar refractivity (Wildman–Crippen MR) is 124 cm³/mol. The minimum Gasteiger partial charge on any atom is -0.396 e. The summed E-state index contributed by atoms with van der Waals surface area (Å²) >= 11 is 7.57. The quantitative estimate of drug-likeness (QED) is 0.668. The second-order valence-corrected chi connectivity index (χ2v) is 9.28. The molecule has 30 heavy (non-hydrogen) atoms. The van der Waals surface area contributed by atoms with E-state index in [4.69, 9.17) is 22.1 Å². The number of halogens is 1. The Labute approximate surface area is 187 Å². The Morgan fingerprint density at radius 3 is 2.73 bits per heavy atom. The number of piperidine rings is 1. The summed E-state index contributed by atoms with van der Waals surface area (Å²) in [7, 11) is 0. The molecule has 0 spiro atoms. The maximum atomic E-state index is 12.1. The van der Waals surface area contributed by atoms with Gasteiger partial charge in [0.1, 0.15) is 5.02 Å². The van der Waals surface area contributed by atoms with E-state index in [0.717, 1.165) is 57.9 Å². The van der Waals surface area contributed by atoms with Crippen molar-refractivity contribution < 1.29 is 4.74 Å². The molecule has 0 saturated carbocycles. The summed E-state index contributed by atoms with van der Waals surface area (Å²) in [6, 6.07) is 0.0780. The van der Waals surface area contributed by atoms with Crippen LogP contribution in [0.15, 0.2) is 34.9 Å². The number of nitrogens with zero attached hydrogens (tertiary/aromatic N) is 3. The zero-order chi connectivity index (χ0) is 21.3. The first-order valence-corrected chi connectivity index (χ1v) is 11.8. The van der Waals surface area contributed by atoms with Crippen LogP contribution in [0.25, 0.3) is 0 Å². The molecule has 3 aliphatic rings. The van der Waals surface area contributed by atoms with Crippen LogP contribution in [0.1, 0.15) is 51.5 Å². The van der Waals surface area contributed by atoms with Crippen molar-refractivity contribution in [3.8, 4) is 0 Å².